The average molecular weight is 361 g/mol. The number of benzene rings is 1. The van der Waals surface area contributed by atoms with Crippen molar-refractivity contribution in [3.05, 3.63) is 64.3 Å². The van der Waals surface area contributed by atoms with E-state index >= 15 is 0 Å². The highest BCUT2D eigenvalue weighted by molar-refractivity contribution is 5.64. The fourth-order valence-corrected chi connectivity index (χ4v) is 5.41. The highest BCUT2D eigenvalue weighted by Gasteiger charge is 2.37. The summed E-state index contributed by atoms with van der Waals surface area (Å²) in [7, 11) is 0. The summed E-state index contributed by atoms with van der Waals surface area (Å²) in [5.74, 6) is 0.516. The van der Waals surface area contributed by atoms with E-state index in [2.05, 4.69) is 56.3 Å². The maximum absolute atomic E-state index is 2.62. The van der Waals surface area contributed by atoms with Crippen molar-refractivity contribution in [1.82, 2.24) is 0 Å². The van der Waals surface area contributed by atoms with Crippen LogP contribution < -0.4 is 0 Å². The van der Waals surface area contributed by atoms with Crippen LogP contribution in [0.3, 0.4) is 0 Å². The Morgan fingerprint density at radius 2 is 1.48 bits per heavy atom. The summed E-state index contributed by atoms with van der Waals surface area (Å²) in [6, 6.07) is 8.97. The van der Waals surface area contributed by atoms with Crippen molar-refractivity contribution < 1.29 is 0 Å². The molecule has 0 saturated heterocycles. The van der Waals surface area contributed by atoms with Gasteiger partial charge in [0.05, 0.1) is 0 Å². The zero-order valence-electron chi connectivity index (χ0n) is 17.4. The lowest BCUT2D eigenvalue weighted by molar-refractivity contribution is 0.393. The van der Waals surface area contributed by atoms with Crippen LogP contribution in [-0.4, -0.2) is 0 Å². The Morgan fingerprint density at radius 3 is 2.26 bits per heavy atom. The molecule has 0 fully saturated rings. The van der Waals surface area contributed by atoms with Crippen molar-refractivity contribution in [2.24, 2.45) is 5.41 Å². The molecule has 0 radical (unpaired) electrons. The average Bonchev–Trinajstić information content (AvgIpc) is 3.26. The summed E-state index contributed by atoms with van der Waals surface area (Å²) in [6.07, 6.45) is 22.7. The minimum absolute atomic E-state index is 0.198. The number of hydrogen-bond donors (Lipinski definition) is 0. The molecule has 0 heteroatoms. The lowest BCUT2D eigenvalue weighted by atomic mass is 9.70. The molecule has 0 bridgehead atoms. The molecule has 1 aromatic rings. The second-order valence-corrected chi connectivity index (χ2v) is 9.49. The first-order valence-corrected chi connectivity index (χ1v) is 11.4. The smallest absolute Gasteiger partial charge is 0.0116 e. The fraction of sp³-hybridized carbons (Fsp3) is 0.556. The molecule has 0 nitrogen and oxygen atoms in total. The highest BCUT2D eigenvalue weighted by atomic mass is 14.4. The molecule has 0 aliphatic heterocycles. The third kappa shape index (κ3) is 4.00. The van der Waals surface area contributed by atoms with Gasteiger partial charge in [-0.25, -0.2) is 0 Å². The van der Waals surface area contributed by atoms with E-state index in [1.165, 1.54) is 81.8 Å². The van der Waals surface area contributed by atoms with E-state index in [1.807, 2.05) is 0 Å². The topological polar surface area (TPSA) is 0 Å². The summed E-state index contributed by atoms with van der Waals surface area (Å²) in [4.78, 5) is 0. The molecule has 4 rings (SSSR count). The molecule has 0 aromatic heterocycles. The van der Waals surface area contributed by atoms with Gasteiger partial charge in [-0.15, -0.1) is 0 Å². The Kier molecular flexibility index (Phi) is 5.71. The van der Waals surface area contributed by atoms with Crippen LogP contribution >= 0.6 is 0 Å². The summed E-state index contributed by atoms with van der Waals surface area (Å²) in [5, 5.41) is 0. The Morgan fingerprint density at radius 1 is 0.815 bits per heavy atom. The largest absolute Gasteiger partial charge is 0.0755 e. The van der Waals surface area contributed by atoms with Crippen molar-refractivity contribution in [3.8, 4) is 0 Å². The molecule has 1 aromatic carbocycles. The molecule has 27 heavy (non-hydrogen) atoms. The molecule has 3 aliphatic rings. The second kappa shape index (κ2) is 8.21. The van der Waals surface area contributed by atoms with E-state index in [4.69, 9.17) is 0 Å². The molecule has 0 heterocycles. The van der Waals surface area contributed by atoms with Gasteiger partial charge in [-0.3, -0.25) is 0 Å². The molecule has 0 N–H and O–H groups in total. The van der Waals surface area contributed by atoms with E-state index in [-0.39, 0.29) is 5.41 Å². The zero-order chi connectivity index (χ0) is 18.7. The van der Waals surface area contributed by atoms with Gasteiger partial charge in [0.25, 0.3) is 0 Å². The van der Waals surface area contributed by atoms with Crippen molar-refractivity contribution in [2.75, 3.05) is 0 Å². The summed E-state index contributed by atoms with van der Waals surface area (Å²) >= 11 is 0. The van der Waals surface area contributed by atoms with E-state index in [0.717, 1.165) is 0 Å². The maximum Gasteiger partial charge on any atom is 0.0116 e. The lowest BCUT2D eigenvalue weighted by Gasteiger charge is -2.34. The van der Waals surface area contributed by atoms with Crippen molar-refractivity contribution in [2.45, 2.75) is 90.4 Å². The predicted molar refractivity (Wildman–Crippen MR) is 118 cm³/mol. The van der Waals surface area contributed by atoms with Gasteiger partial charge in [0.1, 0.15) is 0 Å². The Bertz CT molecular complexity index is 756. The monoisotopic (exact) mass is 360 g/mol. The summed E-state index contributed by atoms with van der Waals surface area (Å²) in [6.45, 7) is 4.95. The van der Waals surface area contributed by atoms with Gasteiger partial charge < -0.3 is 0 Å². The van der Waals surface area contributed by atoms with Crippen LogP contribution in [-0.2, 0) is 0 Å². The zero-order valence-corrected chi connectivity index (χ0v) is 17.4. The van der Waals surface area contributed by atoms with E-state index in [9.17, 15) is 0 Å². The number of fused-ring (bicyclic) bond motifs is 1. The van der Waals surface area contributed by atoms with Crippen LogP contribution in [0.25, 0.3) is 6.08 Å². The van der Waals surface area contributed by atoms with Gasteiger partial charge in [0.15, 0.2) is 0 Å². The molecule has 1 atom stereocenters. The van der Waals surface area contributed by atoms with E-state index < -0.39 is 0 Å². The first kappa shape index (κ1) is 18.8. The Labute approximate surface area is 166 Å². The van der Waals surface area contributed by atoms with Gasteiger partial charge in [-0.2, -0.15) is 0 Å². The number of hydrogen-bond acceptors (Lipinski definition) is 0. The molecule has 0 saturated carbocycles. The predicted octanol–water partition coefficient (Wildman–Crippen LogP) is 8.36. The molecule has 144 valence electrons. The van der Waals surface area contributed by atoms with Crippen molar-refractivity contribution in [3.63, 3.8) is 0 Å². The highest BCUT2D eigenvalue weighted by Crippen LogP contribution is 2.51. The van der Waals surface area contributed by atoms with Gasteiger partial charge >= 0.3 is 0 Å². The summed E-state index contributed by atoms with van der Waals surface area (Å²) < 4.78 is 0. The minimum atomic E-state index is 0.198. The SMILES string of the molecule is CC(C)(C1=CC2=C(CCCCCCCCCC2)C1)C1C=Cc2ccccc21. The number of rotatable bonds is 2. The molecule has 0 amide bonds. The molecular formula is C27H36. The van der Waals surface area contributed by atoms with Crippen LogP contribution in [0.1, 0.15) is 102 Å². The van der Waals surface area contributed by atoms with Gasteiger partial charge in [0, 0.05) is 5.92 Å². The van der Waals surface area contributed by atoms with E-state index in [1.54, 1.807) is 16.7 Å². The third-order valence-electron chi connectivity index (χ3n) is 7.29. The lowest BCUT2D eigenvalue weighted by Crippen LogP contribution is -2.22. The molecule has 0 spiro atoms. The molecule has 3 aliphatic carbocycles. The van der Waals surface area contributed by atoms with Crippen LogP contribution in [0.15, 0.2) is 53.1 Å². The van der Waals surface area contributed by atoms with Gasteiger partial charge in [-0.05, 0) is 54.2 Å². The molecular weight excluding hydrogens is 324 g/mol. The maximum atomic E-state index is 2.62. The summed E-state index contributed by atoms with van der Waals surface area (Å²) in [5.41, 5.74) is 8.28. The van der Waals surface area contributed by atoms with Crippen molar-refractivity contribution >= 4 is 6.08 Å². The first-order chi connectivity index (χ1) is 13.2. The Balaban J connectivity index is 1.53. The van der Waals surface area contributed by atoms with Crippen LogP contribution in [0, 0.1) is 5.41 Å². The number of allylic oxidation sites excluding steroid dienone is 5. The van der Waals surface area contributed by atoms with Crippen LogP contribution in [0.2, 0.25) is 0 Å². The standard InChI is InChI=1S/C27H36/c1-27(2,26-18-17-21-13-11-12-16-25(21)26)24-19-22-14-9-7-5-3-4-6-8-10-15-23(22)20-24/h11-13,16-19,26H,3-10,14-15,20H2,1-2H3. The van der Waals surface area contributed by atoms with Crippen LogP contribution in [0.4, 0.5) is 0 Å². The van der Waals surface area contributed by atoms with E-state index in [0.29, 0.717) is 5.92 Å². The minimum Gasteiger partial charge on any atom is -0.0755 e. The second-order valence-electron chi connectivity index (χ2n) is 9.49. The van der Waals surface area contributed by atoms with Gasteiger partial charge in [-0.1, -0.05) is 106 Å². The van der Waals surface area contributed by atoms with Crippen molar-refractivity contribution in [1.29, 1.82) is 0 Å². The third-order valence-corrected chi connectivity index (χ3v) is 7.29. The molecule has 1 unspecified atom stereocenters. The normalized spacial score (nSPS) is 24.1. The van der Waals surface area contributed by atoms with Crippen LogP contribution in [0.5, 0.6) is 0 Å². The first-order valence-electron chi connectivity index (χ1n) is 11.4. The van der Waals surface area contributed by atoms with Gasteiger partial charge in [0.2, 0.25) is 0 Å². The quantitative estimate of drug-likeness (QED) is 0.497. The fourth-order valence-electron chi connectivity index (χ4n) is 5.41. The Hall–Kier alpha value is -1.56.